The molecule has 0 saturated carbocycles. The number of esters is 5. The predicted octanol–water partition coefficient (Wildman–Crippen LogP) is -1.34. The Balaban J connectivity index is 1.63. The second-order valence-corrected chi connectivity index (χ2v) is 4.66. The van der Waals surface area contributed by atoms with Gasteiger partial charge in [-0.1, -0.05) is 0 Å². The van der Waals surface area contributed by atoms with Crippen molar-refractivity contribution in [2.75, 3.05) is 13.2 Å². The van der Waals surface area contributed by atoms with Crippen LogP contribution in [0.4, 0.5) is 0 Å². The molecule has 2 aliphatic rings. The lowest BCUT2D eigenvalue weighted by Crippen LogP contribution is -2.16. The highest BCUT2D eigenvalue weighted by Crippen LogP contribution is 2.15. The fourth-order valence-corrected chi connectivity index (χ4v) is 1.83. The van der Waals surface area contributed by atoms with E-state index in [9.17, 15) is 24.0 Å². The maximum Gasteiger partial charge on any atom is 0.342 e. The van der Waals surface area contributed by atoms with Gasteiger partial charge in [0.1, 0.15) is 13.2 Å². The standard InChI is InChI=1S/C14H12O10/c15-9(3-7-5-11(17)23-13(7)19)21-1-2-22-10(16)4-8-6-12(18)24-14(8)20/h5-6,11,17H,1-4H2. The molecule has 2 heterocycles. The smallest absolute Gasteiger partial charge is 0.342 e. The molecule has 10 heteroatoms. The number of carbonyl (C=O) groups is 5. The van der Waals surface area contributed by atoms with Crippen molar-refractivity contribution in [2.24, 2.45) is 0 Å². The van der Waals surface area contributed by atoms with Crippen LogP contribution >= 0.6 is 0 Å². The van der Waals surface area contributed by atoms with Crippen LogP contribution < -0.4 is 0 Å². The van der Waals surface area contributed by atoms with Crippen molar-refractivity contribution < 1.29 is 48.0 Å². The lowest BCUT2D eigenvalue weighted by Gasteiger charge is -2.06. The van der Waals surface area contributed by atoms with Gasteiger partial charge >= 0.3 is 29.8 Å². The number of cyclic esters (lactones) is 3. The van der Waals surface area contributed by atoms with Gasteiger partial charge in [-0.3, -0.25) is 9.59 Å². The molecule has 0 saturated heterocycles. The van der Waals surface area contributed by atoms with E-state index in [0.29, 0.717) is 0 Å². The number of ether oxygens (including phenoxy) is 4. The first kappa shape index (κ1) is 17.3. The molecule has 1 atom stereocenters. The lowest BCUT2D eigenvalue weighted by atomic mass is 10.2. The number of carbonyl (C=O) groups excluding carboxylic acids is 5. The van der Waals surface area contributed by atoms with Crippen LogP contribution in [-0.2, 0) is 42.9 Å². The van der Waals surface area contributed by atoms with Gasteiger partial charge in [-0.15, -0.1) is 0 Å². The summed E-state index contributed by atoms with van der Waals surface area (Å²) in [6, 6.07) is 0. The van der Waals surface area contributed by atoms with Crippen LogP contribution in [0.1, 0.15) is 12.8 Å². The van der Waals surface area contributed by atoms with Crippen molar-refractivity contribution in [2.45, 2.75) is 19.1 Å². The number of hydrogen-bond acceptors (Lipinski definition) is 10. The molecule has 0 aromatic heterocycles. The fraction of sp³-hybridized carbons (Fsp3) is 0.357. The largest absolute Gasteiger partial charge is 0.462 e. The molecule has 0 radical (unpaired) electrons. The Labute approximate surface area is 134 Å². The monoisotopic (exact) mass is 340 g/mol. The summed E-state index contributed by atoms with van der Waals surface area (Å²) >= 11 is 0. The van der Waals surface area contributed by atoms with Gasteiger partial charge in [-0.05, 0) is 6.08 Å². The Morgan fingerprint density at radius 3 is 2.04 bits per heavy atom. The molecule has 2 aliphatic heterocycles. The summed E-state index contributed by atoms with van der Waals surface area (Å²) in [5, 5.41) is 9.02. The van der Waals surface area contributed by atoms with E-state index < -0.39 is 42.6 Å². The molecule has 0 aliphatic carbocycles. The Morgan fingerprint density at radius 2 is 1.58 bits per heavy atom. The summed E-state index contributed by atoms with van der Waals surface area (Å²) in [6.45, 7) is -0.537. The molecule has 24 heavy (non-hydrogen) atoms. The Morgan fingerprint density at radius 1 is 1.00 bits per heavy atom. The topological polar surface area (TPSA) is 142 Å². The molecule has 128 valence electrons. The van der Waals surface area contributed by atoms with E-state index >= 15 is 0 Å². The molecule has 0 fully saturated rings. The Bertz CT molecular complexity index is 656. The van der Waals surface area contributed by atoms with Crippen molar-refractivity contribution in [3.8, 4) is 0 Å². The third-order valence-electron chi connectivity index (χ3n) is 2.86. The number of aliphatic hydroxyl groups excluding tert-OH is 1. The number of aliphatic hydroxyl groups is 1. The van der Waals surface area contributed by atoms with Gasteiger partial charge in [0.2, 0.25) is 6.29 Å². The van der Waals surface area contributed by atoms with E-state index in [1.54, 1.807) is 0 Å². The molecule has 10 nitrogen and oxygen atoms in total. The fourth-order valence-electron chi connectivity index (χ4n) is 1.83. The Hall–Kier alpha value is -3.01. The van der Waals surface area contributed by atoms with Crippen LogP contribution in [0.5, 0.6) is 0 Å². The van der Waals surface area contributed by atoms with Crippen LogP contribution in [0.2, 0.25) is 0 Å². The van der Waals surface area contributed by atoms with Crippen molar-refractivity contribution in [1.82, 2.24) is 0 Å². The van der Waals surface area contributed by atoms with E-state index in [-0.39, 0.29) is 30.8 Å². The van der Waals surface area contributed by atoms with Gasteiger partial charge < -0.3 is 24.1 Å². The molecule has 2 rings (SSSR count). The van der Waals surface area contributed by atoms with Crippen LogP contribution in [0.15, 0.2) is 23.3 Å². The van der Waals surface area contributed by atoms with Crippen molar-refractivity contribution in [3.05, 3.63) is 23.3 Å². The molecular formula is C14H12O10. The minimum Gasteiger partial charge on any atom is -0.462 e. The summed E-state index contributed by atoms with van der Waals surface area (Å²) in [7, 11) is 0. The first-order valence-corrected chi connectivity index (χ1v) is 6.73. The molecule has 0 bridgehead atoms. The van der Waals surface area contributed by atoms with Gasteiger partial charge in [-0.25, -0.2) is 14.4 Å². The van der Waals surface area contributed by atoms with Gasteiger partial charge in [0, 0.05) is 6.08 Å². The summed E-state index contributed by atoms with van der Waals surface area (Å²) in [5.74, 6) is -4.12. The van der Waals surface area contributed by atoms with E-state index in [2.05, 4.69) is 9.47 Å². The first-order chi connectivity index (χ1) is 11.3. The third-order valence-corrected chi connectivity index (χ3v) is 2.86. The molecule has 0 spiro atoms. The van der Waals surface area contributed by atoms with E-state index in [1.165, 1.54) is 0 Å². The van der Waals surface area contributed by atoms with E-state index in [4.69, 9.17) is 14.6 Å². The SMILES string of the molecule is O=C1C=C(CC(=O)OCCOC(=O)CC2=CC(O)OC2=O)C(=O)O1. The molecule has 1 N–H and O–H groups in total. The normalized spacial score (nSPS) is 19.4. The highest BCUT2D eigenvalue weighted by molar-refractivity contribution is 6.10. The molecule has 1 unspecified atom stereocenters. The van der Waals surface area contributed by atoms with Crippen LogP contribution in [0.25, 0.3) is 0 Å². The maximum atomic E-state index is 11.5. The third kappa shape index (κ3) is 4.74. The maximum absolute atomic E-state index is 11.5. The lowest BCUT2D eigenvalue weighted by molar-refractivity contribution is -0.155. The summed E-state index contributed by atoms with van der Waals surface area (Å²) < 4.78 is 18.1. The quantitative estimate of drug-likeness (QED) is 0.256. The zero-order valence-corrected chi connectivity index (χ0v) is 12.2. The Kier molecular flexibility index (Phi) is 5.42. The summed E-state index contributed by atoms with van der Waals surface area (Å²) in [6.07, 6.45) is -0.212. The van der Waals surface area contributed by atoms with Gasteiger partial charge in [-0.2, -0.15) is 0 Å². The molecule has 0 aromatic rings. The highest BCUT2D eigenvalue weighted by Gasteiger charge is 2.27. The second kappa shape index (κ2) is 7.51. The van der Waals surface area contributed by atoms with E-state index in [0.717, 1.165) is 12.2 Å². The van der Waals surface area contributed by atoms with Crippen LogP contribution in [0.3, 0.4) is 0 Å². The predicted molar refractivity (Wildman–Crippen MR) is 70.5 cm³/mol. The van der Waals surface area contributed by atoms with E-state index in [1.807, 2.05) is 0 Å². The number of rotatable bonds is 7. The second-order valence-electron chi connectivity index (χ2n) is 4.66. The summed E-state index contributed by atoms with van der Waals surface area (Å²) in [4.78, 5) is 55.9. The minimum atomic E-state index is -1.37. The highest BCUT2D eigenvalue weighted by atomic mass is 16.6. The van der Waals surface area contributed by atoms with Crippen LogP contribution in [0, 0.1) is 0 Å². The van der Waals surface area contributed by atoms with Crippen LogP contribution in [-0.4, -0.2) is 54.5 Å². The molecular weight excluding hydrogens is 328 g/mol. The number of hydrogen-bond donors (Lipinski definition) is 1. The average molecular weight is 340 g/mol. The van der Waals surface area contributed by atoms with Crippen molar-refractivity contribution >= 4 is 29.8 Å². The molecule has 0 amide bonds. The minimum absolute atomic E-state index is 0.0270. The zero-order chi connectivity index (χ0) is 17.7. The average Bonchev–Trinajstić information content (AvgIpc) is 2.96. The van der Waals surface area contributed by atoms with Gasteiger partial charge in [0.15, 0.2) is 0 Å². The van der Waals surface area contributed by atoms with Crippen molar-refractivity contribution in [1.29, 1.82) is 0 Å². The zero-order valence-electron chi connectivity index (χ0n) is 12.2. The summed E-state index contributed by atoms with van der Waals surface area (Å²) in [5.41, 5.74) is -0.145. The first-order valence-electron chi connectivity index (χ1n) is 6.73. The van der Waals surface area contributed by atoms with Gasteiger partial charge in [0.25, 0.3) is 0 Å². The van der Waals surface area contributed by atoms with Gasteiger partial charge in [0.05, 0.1) is 24.0 Å². The molecule has 0 aromatic carbocycles. The van der Waals surface area contributed by atoms with Crippen molar-refractivity contribution in [3.63, 3.8) is 0 Å².